The number of carbonyl (C=O) groups is 7. The number of aliphatic hydroxyl groups excluding tert-OH is 2. The van der Waals surface area contributed by atoms with Crippen LogP contribution >= 0.6 is 11.8 Å². The van der Waals surface area contributed by atoms with Crippen LogP contribution in [-0.2, 0) is 48.2 Å². The summed E-state index contributed by atoms with van der Waals surface area (Å²) in [5, 5.41) is 96.5. The number of thioether (sulfide) groups is 1. The third kappa shape index (κ3) is 17.7. The maximum atomic E-state index is 14.4. The molecule has 4 aromatic carbocycles. The van der Waals surface area contributed by atoms with Crippen molar-refractivity contribution in [1.29, 1.82) is 0 Å². The Morgan fingerprint density at radius 2 is 1.47 bits per heavy atom. The number of sulfonamides is 1. The summed E-state index contributed by atoms with van der Waals surface area (Å²) in [6.07, 6.45) is 6.35. The summed E-state index contributed by atoms with van der Waals surface area (Å²) in [5.41, 5.74) is 6.14. The first kappa shape index (κ1) is 81.5. The molecule has 0 aliphatic carbocycles. The predicted octanol–water partition coefficient (Wildman–Crippen LogP) is 6.55. The standard InChI is InChI=1S/C43H58N4O12.C16H19N3O5S.C13H19NO4S/c1-21-12-11-13-22(2)42(55)45-33-28(20-44-47-17-15-46(9)16-18-47)37(52)30-31(38(33)53)36(51)26(6)40-32(30)41(54)43(8,59-40)57-19-14-29(56-10)23(3)39(58-27(7)48)25(5)35(50)24(4)34(21)49;1-16(2)11(15(23)24)19-13(22)10(14(19)25-16)18-12(21)9(17)7-3-5-8(20)6-4-7;1-3-9-14(10-4-2)19(17,18)12-7-5-11(6-8-12)13(15)16/h11-14,19-21,23-25,29,34-35,39,49-53H,15-18H2,1-10H3,(H,45,55);3-6,9-11,14,20H,17H2,1-2H3,(H,18,21)(H,23,24);5-8H,3-4,9-10H2,1-2H3,(H,15,16)/b12-11+,19-14+,22-13-,44-20+;;/t21-,23+,24+,25+,29-,34-,35+,39+,43-;9-,10-,11+,14-;/m01./s1. The fraction of sp³-hybridized carbons (Fsp3) is 0.500. The Balaban J connectivity index is 0.000000273. The molecule has 12 N–H and O–H groups in total. The van der Waals surface area contributed by atoms with Gasteiger partial charge >= 0.3 is 23.7 Å². The molecule has 0 spiro atoms. The second-order valence-corrected chi connectivity index (χ2v) is 30.7. The summed E-state index contributed by atoms with van der Waals surface area (Å²) in [4.78, 5) is 91.0. The Kier molecular flexibility index (Phi) is 26.7. The molecule has 4 aromatic rings. The SMILES string of the molecule is CC1(C)S[C@@H]2[C@H](NC(=O)[C@H](N)c3ccc(O)cc3)C(=O)N2[C@H]1C(=O)O.CCCN(CCC)S(=O)(=O)c1ccc(C(=O)O)cc1.CO[C@H]1/C=C/O[C@@]2(C)Oc3c(C)c(O)c4c(O)c(c(/C=N/N5CCN(C)CC5)c(O)c4c3C2=O)NC(=O)/C(C)=C\C=C\[C@H](C)[C@H](O)[C@@H](C)[C@@H](O)[C@@H](C)[C@H](OC(C)=O)[C@@H]1C. The van der Waals surface area contributed by atoms with E-state index in [9.17, 15) is 77.7 Å². The zero-order valence-electron chi connectivity index (χ0n) is 60.2. The van der Waals surface area contributed by atoms with Gasteiger partial charge in [-0.15, -0.1) is 11.8 Å². The van der Waals surface area contributed by atoms with Gasteiger partial charge in [0.25, 0.3) is 11.7 Å². The number of nitrogens with zero attached hydrogens (tertiary/aromatic N) is 5. The molecule has 29 nitrogen and oxygen atoms in total. The van der Waals surface area contributed by atoms with Crippen LogP contribution in [-0.4, -0.2) is 222 Å². The van der Waals surface area contributed by atoms with E-state index in [4.69, 9.17) is 29.8 Å². The highest BCUT2D eigenvalue weighted by Crippen LogP contribution is 2.55. The number of aromatic hydroxyl groups is 4. The number of anilines is 1. The van der Waals surface area contributed by atoms with Gasteiger partial charge in [0.1, 0.15) is 52.6 Å². The van der Waals surface area contributed by atoms with Gasteiger partial charge in [0.15, 0.2) is 5.75 Å². The molecule has 13 atom stereocenters. The number of hydrogen-bond acceptors (Lipinski definition) is 24. The number of esters is 1. The smallest absolute Gasteiger partial charge is 0.335 e. The van der Waals surface area contributed by atoms with E-state index in [-0.39, 0.29) is 60.7 Å². The average Bonchev–Trinajstić information content (AvgIpc) is 1.61. The van der Waals surface area contributed by atoms with Crippen molar-refractivity contribution in [2.45, 2.75) is 159 Å². The number of ketones is 1. The molecule has 0 radical (unpaired) electrons. The number of aromatic carboxylic acids is 1. The van der Waals surface area contributed by atoms with Crippen molar-refractivity contribution in [3.05, 3.63) is 112 Å². The van der Waals surface area contributed by atoms with Gasteiger partial charge in [-0.05, 0) is 95.6 Å². The van der Waals surface area contributed by atoms with Crippen molar-refractivity contribution in [2.75, 3.05) is 58.7 Å². The first-order valence-electron chi connectivity index (χ1n) is 33.8. The van der Waals surface area contributed by atoms with Crippen LogP contribution in [0.4, 0.5) is 5.69 Å². The number of carboxylic acids is 2. The molecule has 6 heterocycles. The number of fused-ring (bicyclic) bond motifs is 15. The van der Waals surface area contributed by atoms with E-state index in [1.165, 1.54) is 129 Å². The molecule has 103 heavy (non-hydrogen) atoms. The summed E-state index contributed by atoms with van der Waals surface area (Å²) in [7, 11) is -0.107. The van der Waals surface area contributed by atoms with Crippen molar-refractivity contribution in [3.8, 4) is 28.7 Å². The summed E-state index contributed by atoms with van der Waals surface area (Å²) in [6, 6.07) is 8.52. The van der Waals surface area contributed by atoms with Crippen LogP contribution in [0.15, 0.2) is 94.7 Å². The number of β-lactam (4-membered cyclic amide) rings is 1. The quantitative estimate of drug-likeness (QED) is 0.0197. The monoisotopic (exact) mass is 1470 g/mol. The molecule has 562 valence electrons. The molecule has 6 aliphatic heterocycles. The highest BCUT2D eigenvalue weighted by molar-refractivity contribution is 8.01. The number of hydrazone groups is 1. The number of rotatable bonds is 15. The molecule has 0 saturated carbocycles. The zero-order valence-corrected chi connectivity index (χ0v) is 61.8. The van der Waals surface area contributed by atoms with Crippen LogP contribution in [0.3, 0.4) is 0 Å². The Morgan fingerprint density at radius 1 is 0.854 bits per heavy atom. The lowest BCUT2D eigenvalue weighted by atomic mass is 9.78. The number of phenolic OH excluding ortho intramolecular Hbond substituents is 4. The highest BCUT2D eigenvalue weighted by atomic mass is 32.2. The van der Waals surface area contributed by atoms with Crippen LogP contribution in [0.1, 0.15) is 132 Å². The third-order valence-corrected chi connectivity index (χ3v) is 22.5. The molecule has 10 rings (SSSR count). The maximum absolute atomic E-state index is 14.4. The molecular weight excluding hydrogens is 1380 g/mol. The summed E-state index contributed by atoms with van der Waals surface area (Å²) < 4.78 is 49.1. The van der Waals surface area contributed by atoms with Crippen molar-refractivity contribution in [3.63, 3.8) is 0 Å². The van der Waals surface area contributed by atoms with E-state index < -0.39 is 151 Å². The minimum absolute atomic E-state index is 0.0559. The zero-order chi connectivity index (χ0) is 76.7. The second kappa shape index (κ2) is 33.7. The summed E-state index contributed by atoms with van der Waals surface area (Å²) in [5.74, 6) is -11.3. The predicted molar refractivity (Wildman–Crippen MR) is 384 cm³/mol. The molecule has 31 heteroatoms. The number of ether oxygens (including phenoxy) is 4. The van der Waals surface area contributed by atoms with Crippen LogP contribution in [0.25, 0.3) is 10.8 Å². The largest absolute Gasteiger partial charge is 0.508 e. The number of nitrogens with two attached hydrogens (primary N) is 1. The van der Waals surface area contributed by atoms with E-state index in [0.717, 1.165) is 25.9 Å². The van der Waals surface area contributed by atoms with Crippen molar-refractivity contribution in [2.24, 2.45) is 34.5 Å². The van der Waals surface area contributed by atoms with Gasteiger partial charge in [0.05, 0.1) is 63.4 Å². The van der Waals surface area contributed by atoms with Gasteiger partial charge < -0.3 is 86.0 Å². The minimum atomic E-state index is -3.53. The van der Waals surface area contributed by atoms with E-state index in [1.54, 1.807) is 58.7 Å². The van der Waals surface area contributed by atoms with Gasteiger partial charge in [-0.1, -0.05) is 71.9 Å². The summed E-state index contributed by atoms with van der Waals surface area (Å²) >= 11 is 1.35. The van der Waals surface area contributed by atoms with Crippen LogP contribution in [0, 0.1) is 30.6 Å². The fourth-order valence-corrected chi connectivity index (χ4v) is 16.2. The molecule has 0 unspecified atom stereocenters. The number of amides is 3. The van der Waals surface area contributed by atoms with Gasteiger partial charge in [-0.2, -0.15) is 9.41 Å². The van der Waals surface area contributed by atoms with Gasteiger partial charge in [-0.3, -0.25) is 29.0 Å². The number of Topliss-reactive ketones (excluding diaryl/α,β-unsaturated/α-hetero) is 1. The number of likely N-dealkylation sites (N-methyl/N-ethyl adjacent to an activating group) is 1. The number of hydrogen-bond donors (Lipinski definition) is 11. The highest BCUT2D eigenvalue weighted by Gasteiger charge is 2.64. The van der Waals surface area contributed by atoms with Crippen molar-refractivity contribution >= 4 is 85.9 Å². The van der Waals surface area contributed by atoms with E-state index in [1.807, 2.05) is 20.9 Å². The Bertz CT molecular complexity index is 4060. The number of allylic oxidation sites excluding steroid dienone is 2. The summed E-state index contributed by atoms with van der Waals surface area (Å²) in [6.45, 7) is 23.4. The van der Waals surface area contributed by atoms with Crippen LogP contribution in [0.5, 0.6) is 28.7 Å². The molecule has 0 aromatic heterocycles. The number of nitrogens with one attached hydrogen (secondary N) is 2. The Labute approximate surface area is 603 Å². The van der Waals surface area contributed by atoms with E-state index in [0.29, 0.717) is 31.7 Å². The fourth-order valence-electron chi connectivity index (χ4n) is 12.9. The number of phenols is 4. The lowest BCUT2D eigenvalue weighted by Gasteiger charge is -2.43. The normalized spacial score (nSPS) is 27.3. The average molecular weight is 1470 g/mol. The number of methoxy groups -OCH3 is 1. The van der Waals surface area contributed by atoms with Crippen molar-refractivity contribution in [1.82, 2.24) is 24.4 Å². The maximum Gasteiger partial charge on any atom is 0.335 e. The number of benzene rings is 4. The van der Waals surface area contributed by atoms with Crippen molar-refractivity contribution < 1.29 is 102 Å². The second-order valence-electron chi connectivity index (χ2n) is 27.0. The minimum Gasteiger partial charge on any atom is -0.508 e. The lowest BCUT2D eigenvalue weighted by molar-refractivity contribution is -0.161. The number of carboxylic acid groups (broad SMARTS) is 2. The van der Waals surface area contributed by atoms with Gasteiger partial charge in [0.2, 0.25) is 21.8 Å². The molecule has 3 amide bonds. The molecule has 3 saturated heterocycles. The Hall–Kier alpha value is -8.82. The molecular formula is C72H96N8O21S2. The molecule has 3 fully saturated rings. The number of carbonyl (C=O) groups excluding carboxylic acids is 5. The Morgan fingerprint density at radius 3 is 2.03 bits per heavy atom. The first-order chi connectivity index (χ1) is 48.3. The third-order valence-electron chi connectivity index (χ3n) is 19.1. The topological polar surface area (TPSA) is 428 Å². The lowest BCUT2D eigenvalue weighted by Crippen LogP contribution is -2.71. The number of aliphatic carboxylic acids is 1. The van der Waals surface area contributed by atoms with Gasteiger partial charge in [0, 0.05) is 105 Å². The van der Waals surface area contributed by atoms with Crippen LogP contribution in [0.2, 0.25) is 0 Å². The number of piperazine rings is 1. The first-order valence-corrected chi connectivity index (χ1v) is 36.1. The van der Waals surface area contributed by atoms with Crippen LogP contribution < -0.4 is 21.1 Å². The number of aliphatic hydroxyl groups is 2. The molecule has 5 bridgehead atoms. The van der Waals surface area contributed by atoms with E-state index >= 15 is 0 Å². The van der Waals surface area contributed by atoms with Gasteiger partial charge in [-0.25, -0.2) is 18.0 Å². The van der Waals surface area contributed by atoms with E-state index in [2.05, 4.69) is 20.6 Å². The molecule has 6 aliphatic rings.